The van der Waals surface area contributed by atoms with Crippen molar-refractivity contribution in [2.45, 2.75) is 32.7 Å². The lowest BCUT2D eigenvalue weighted by atomic mass is 10.1. The van der Waals surface area contributed by atoms with Crippen molar-refractivity contribution in [2.75, 3.05) is 18.8 Å². The molecule has 0 aromatic rings. The lowest BCUT2D eigenvalue weighted by molar-refractivity contribution is 0.404. The van der Waals surface area contributed by atoms with E-state index in [9.17, 15) is 8.42 Å². The van der Waals surface area contributed by atoms with Crippen LogP contribution < -0.4 is 5.73 Å². The van der Waals surface area contributed by atoms with Crippen molar-refractivity contribution in [3.05, 3.63) is 0 Å². The van der Waals surface area contributed by atoms with E-state index in [2.05, 4.69) is 0 Å². The zero-order valence-electron chi connectivity index (χ0n) is 8.94. The Kier molecular flexibility index (Phi) is 3.92. The highest BCUT2D eigenvalue weighted by Crippen LogP contribution is 2.25. The van der Waals surface area contributed by atoms with Crippen LogP contribution >= 0.6 is 0 Å². The summed E-state index contributed by atoms with van der Waals surface area (Å²) in [6.45, 7) is 5.05. The molecule has 0 amide bonds. The molecule has 0 spiro atoms. The van der Waals surface area contributed by atoms with Gasteiger partial charge >= 0.3 is 0 Å². The van der Waals surface area contributed by atoms with Gasteiger partial charge in [0.25, 0.3) is 0 Å². The summed E-state index contributed by atoms with van der Waals surface area (Å²) in [4.78, 5) is 0. The molecule has 0 aliphatic carbocycles. The Balaban J connectivity index is 2.70. The molecule has 2 atom stereocenters. The van der Waals surface area contributed by atoms with Gasteiger partial charge in [-0.3, -0.25) is 0 Å². The molecule has 0 radical (unpaired) electrons. The predicted molar refractivity (Wildman–Crippen MR) is 57.4 cm³/mol. The van der Waals surface area contributed by atoms with Crippen molar-refractivity contribution < 1.29 is 8.42 Å². The van der Waals surface area contributed by atoms with Gasteiger partial charge in [-0.05, 0) is 32.2 Å². The molecule has 2 N–H and O–H groups in total. The average molecular weight is 220 g/mol. The summed E-state index contributed by atoms with van der Waals surface area (Å²) in [5, 5.41) is 0. The van der Waals surface area contributed by atoms with Crippen LogP contribution in [0.1, 0.15) is 26.7 Å². The number of sulfonamides is 1. The monoisotopic (exact) mass is 220 g/mol. The smallest absolute Gasteiger partial charge is 0.214 e. The number of nitrogens with two attached hydrogens (primary N) is 1. The Morgan fingerprint density at radius 3 is 2.57 bits per heavy atom. The summed E-state index contributed by atoms with van der Waals surface area (Å²) in [7, 11) is -3.02. The number of hydrogen-bond acceptors (Lipinski definition) is 3. The molecule has 14 heavy (non-hydrogen) atoms. The van der Waals surface area contributed by atoms with E-state index in [1.54, 1.807) is 4.31 Å². The van der Waals surface area contributed by atoms with Gasteiger partial charge in [-0.2, -0.15) is 4.31 Å². The minimum absolute atomic E-state index is 0.125. The number of rotatable bonds is 4. The molecule has 2 unspecified atom stereocenters. The van der Waals surface area contributed by atoms with E-state index in [1.165, 1.54) is 0 Å². The van der Waals surface area contributed by atoms with Gasteiger partial charge in [0, 0.05) is 12.6 Å². The van der Waals surface area contributed by atoms with Crippen molar-refractivity contribution in [1.82, 2.24) is 4.31 Å². The maximum atomic E-state index is 11.8. The first-order valence-electron chi connectivity index (χ1n) is 5.20. The molecule has 5 heteroatoms. The highest BCUT2D eigenvalue weighted by molar-refractivity contribution is 7.89. The van der Waals surface area contributed by atoms with E-state index < -0.39 is 10.0 Å². The molecule has 0 saturated carbocycles. The summed E-state index contributed by atoms with van der Waals surface area (Å²) in [6.07, 6.45) is 1.58. The molecule has 1 rings (SSSR count). The quantitative estimate of drug-likeness (QED) is 0.745. The number of hydrogen-bond donors (Lipinski definition) is 1. The Hall–Kier alpha value is -0.130. The average Bonchev–Trinajstić information content (AvgIpc) is 2.47. The van der Waals surface area contributed by atoms with Crippen LogP contribution in [0, 0.1) is 5.92 Å². The molecule has 1 aliphatic heterocycles. The molecular formula is C9H20N2O2S. The van der Waals surface area contributed by atoms with Crippen molar-refractivity contribution in [3.63, 3.8) is 0 Å². The van der Waals surface area contributed by atoms with Crippen molar-refractivity contribution in [2.24, 2.45) is 11.7 Å². The minimum atomic E-state index is -3.02. The molecule has 0 aromatic heterocycles. The summed E-state index contributed by atoms with van der Waals surface area (Å²) in [5.74, 6) is 0.603. The van der Waals surface area contributed by atoms with Crippen LogP contribution in [0.25, 0.3) is 0 Å². The van der Waals surface area contributed by atoms with Gasteiger partial charge in [-0.15, -0.1) is 0 Å². The number of nitrogens with zero attached hydrogens (tertiary/aromatic N) is 1. The van der Waals surface area contributed by atoms with Crippen molar-refractivity contribution >= 4 is 10.0 Å². The first-order valence-corrected chi connectivity index (χ1v) is 6.81. The summed E-state index contributed by atoms with van der Waals surface area (Å²) in [5.41, 5.74) is 5.55. The normalized spacial score (nSPS) is 29.6. The highest BCUT2D eigenvalue weighted by atomic mass is 32.2. The van der Waals surface area contributed by atoms with Gasteiger partial charge in [0.05, 0.1) is 5.75 Å². The Morgan fingerprint density at radius 1 is 1.50 bits per heavy atom. The molecule has 84 valence electrons. The molecule has 0 aromatic carbocycles. The van der Waals surface area contributed by atoms with Crippen molar-refractivity contribution in [1.29, 1.82) is 0 Å². The van der Waals surface area contributed by atoms with Crippen LogP contribution in [0.4, 0.5) is 0 Å². The van der Waals surface area contributed by atoms with Gasteiger partial charge in [0.2, 0.25) is 10.0 Å². The fourth-order valence-corrected chi connectivity index (χ4v) is 3.87. The molecule has 4 nitrogen and oxygen atoms in total. The van der Waals surface area contributed by atoms with E-state index in [1.807, 2.05) is 13.8 Å². The zero-order valence-corrected chi connectivity index (χ0v) is 9.76. The Morgan fingerprint density at radius 2 is 2.14 bits per heavy atom. The lowest BCUT2D eigenvalue weighted by Gasteiger charge is -2.20. The van der Waals surface area contributed by atoms with Gasteiger partial charge in [0.1, 0.15) is 0 Å². The largest absolute Gasteiger partial charge is 0.330 e. The van der Waals surface area contributed by atoms with E-state index in [0.717, 1.165) is 6.42 Å². The minimum Gasteiger partial charge on any atom is -0.330 e. The van der Waals surface area contributed by atoms with E-state index >= 15 is 0 Å². The Bertz CT molecular complexity index is 277. The Labute approximate surface area is 86.5 Å². The maximum absolute atomic E-state index is 11.8. The topological polar surface area (TPSA) is 63.4 Å². The highest BCUT2D eigenvalue weighted by Gasteiger charge is 2.35. The third-order valence-electron chi connectivity index (χ3n) is 2.76. The maximum Gasteiger partial charge on any atom is 0.214 e. The van der Waals surface area contributed by atoms with Crippen LogP contribution in [0.3, 0.4) is 0 Å². The first-order chi connectivity index (χ1) is 6.51. The van der Waals surface area contributed by atoms with E-state index in [0.29, 0.717) is 25.4 Å². The SMILES string of the molecule is CCCS(=O)(=O)N1CC(CN)CC1C. The first kappa shape index (κ1) is 11.9. The second-order valence-electron chi connectivity index (χ2n) is 4.07. The van der Waals surface area contributed by atoms with E-state index in [-0.39, 0.29) is 11.8 Å². The molecular weight excluding hydrogens is 200 g/mol. The predicted octanol–water partition coefficient (Wildman–Crippen LogP) is 0.395. The second kappa shape index (κ2) is 4.59. The third kappa shape index (κ3) is 2.46. The van der Waals surface area contributed by atoms with Crippen LogP contribution in [0.15, 0.2) is 0 Å². The molecule has 1 heterocycles. The molecule has 1 saturated heterocycles. The van der Waals surface area contributed by atoms with Crippen LogP contribution in [0.5, 0.6) is 0 Å². The van der Waals surface area contributed by atoms with Crippen LogP contribution in [0.2, 0.25) is 0 Å². The zero-order chi connectivity index (χ0) is 10.8. The second-order valence-corrected chi connectivity index (χ2v) is 6.11. The van der Waals surface area contributed by atoms with Gasteiger partial charge < -0.3 is 5.73 Å². The standard InChI is InChI=1S/C9H20N2O2S/c1-3-4-14(12,13)11-7-9(6-10)5-8(11)2/h8-9H,3-7,10H2,1-2H3. The molecule has 0 bridgehead atoms. The molecule has 1 fully saturated rings. The summed E-state index contributed by atoms with van der Waals surface area (Å²) >= 11 is 0. The van der Waals surface area contributed by atoms with Crippen molar-refractivity contribution in [3.8, 4) is 0 Å². The lowest BCUT2D eigenvalue weighted by Crippen LogP contribution is -2.36. The fraction of sp³-hybridized carbons (Fsp3) is 1.00. The van der Waals surface area contributed by atoms with Crippen LogP contribution in [-0.4, -0.2) is 37.6 Å². The van der Waals surface area contributed by atoms with Gasteiger partial charge in [-0.25, -0.2) is 8.42 Å². The van der Waals surface area contributed by atoms with Gasteiger partial charge in [0.15, 0.2) is 0 Å². The van der Waals surface area contributed by atoms with Gasteiger partial charge in [-0.1, -0.05) is 6.92 Å². The van der Waals surface area contributed by atoms with E-state index in [4.69, 9.17) is 5.73 Å². The molecule has 1 aliphatic rings. The summed E-state index contributed by atoms with van der Waals surface area (Å²) < 4.78 is 25.2. The third-order valence-corrected chi connectivity index (χ3v) is 4.90. The summed E-state index contributed by atoms with van der Waals surface area (Å²) in [6, 6.07) is 0.125. The fourth-order valence-electron chi connectivity index (χ4n) is 2.04. The van der Waals surface area contributed by atoms with Crippen LogP contribution in [-0.2, 0) is 10.0 Å².